The molecule has 0 atom stereocenters. The number of nitrogens with zero attached hydrogens (tertiary/aromatic N) is 3. The van der Waals surface area contributed by atoms with Crippen molar-refractivity contribution in [1.82, 2.24) is 20.0 Å². The molecule has 2 heterocycles. The second kappa shape index (κ2) is 9.53. The van der Waals surface area contributed by atoms with E-state index in [1.165, 1.54) is 6.08 Å². The van der Waals surface area contributed by atoms with Crippen molar-refractivity contribution < 1.29 is 19.2 Å². The Balaban J connectivity index is 0.00000312. The quantitative estimate of drug-likeness (QED) is 0.392. The van der Waals surface area contributed by atoms with Gasteiger partial charge in [0.25, 0.3) is 0 Å². The minimum atomic E-state index is -0.945. The van der Waals surface area contributed by atoms with E-state index in [0.717, 1.165) is 35.6 Å². The third-order valence-electron chi connectivity index (χ3n) is 4.51. The van der Waals surface area contributed by atoms with Gasteiger partial charge in [0.1, 0.15) is 6.54 Å². The standard InChI is InChI=1S/C16H24N4O4.ClH/c1-3-8-19-14(22)15(23)20(16(19)24)11-13(21)18-9-5-12(6-10-18)4-7-17-2;/h3,12,17H,1,4-11H2,2H3;1H. The predicted molar refractivity (Wildman–Crippen MR) is 94.1 cm³/mol. The van der Waals surface area contributed by atoms with Crippen LogP contribution in [0.3, 0.4) is 0 Å². The van der Waals surface area contributed by atoms with Gasteiger partial charge in [0.15, 0.2) is 0 Å². The number of urea groups is 1. The van der Waals surface area contributed by atoms with E-state index in [9.17, 15) is 19.2 Å². The molecular formula is C16H25ClN4O4. The van der Waals surface area contributed by atoms with Crippen LogP contribution in [0.1, 0.15) is 19.3 Å². The van der Waals surface area contributed by atoms with E-state index in [1.54, 1.807) is 4.90 Å². The van der Waals surface area contributed by atoms with Crippen molar-refractivity contribution in [2.24, 2.45) is 5.92 Å². The van der Waals surface area contributed by atoms with Crippen LogP contribution in [0.2, 0.25) is 0 Å². The topological polar surface area (TPSA) is 90.0 Å². The van der Waals surface area contributed by atoms with Crippen LogP contribution in [0.5, 0.6) is 0 Å². The number of carbonyl (C=O) groups is 4. The molecule has 0 saturated carbocycles. The molecule has 2 rings (SSSR count). The van der Waals surface area contributed by atoms with E-state index >= 15 is 0 Å². The van der Waals surface area contributed by atoms with Gasteiger partial charge >= 0.3 is 17.8 Å². The van der Waals surface area contributed by atoms with E-state index in [0.29, 0.717) is 19.0 Å². The van der Waals surface area contributed by atoms with Crippen molar-refractivity contribution in [3.05, 3.63) is 12.7 Å². The van der Waals surface area contributed by atoms with Crippen molar-refractivity contribution >= 4 is 36.2 Å². The molecule has 2 aliphatic heterocycles. The van der Waals surface area contributed by atoms with E-state index in [-0.39, 0.29) is 31.4 Å². The zero-order valence-electron chi connectivity index (χ0n) is 14.4. The fraction of sp³-hybridized carbons (Fsp3) is 0.625. The Hall–Kier alpha value is -1.93. The average Bonchev–Trinajstić information content (AvgIpc) is 2.78. The van der Waals surface area contributed by atoms with Crippen molar-refractivity contribution in [3.63, 3.8) is 0 Å². The third-order valence-corrected chi connectivity index (χ3v) is 4.51. The minimum absolute atomic E-state index is 0. The van der Waals surface area contributed by atoms with E-state index in [1.807, 2.05) is 7.05 Å². The fourth-order valence-corrected chi connectivity index (χ4v) is 3.03. The zero-order chi connectivity index (χ0) is 17.7. The van der Waals surface area contributed by atoms with Gasteiger partial charge in [-0.1, -0.05) is 6.08 Å². The Morgan fingerprint density at radius 1 is 1.20 bits per heavy atom. The van der Waals surface area contributed by atoms with E-state index in [2.05, 4.69) is 11.9 Å². The first-order valence-corrected chi connectivity index (χ1v) is 8.20. The molecule has 140 valence electrons. The van der Waals surface area contributed by atoms with Gasteiger partial charge in [-0.2, -0.15) is 0 Å². The summed E-state index contributed by atoms with van der Waals surface area (Å²) in [7, 11) is 1.92. The summed E-state index contributed by atoms with van der Waals surface area (Å²) in [4.78, 5) is 51.3. The number of nitrogens with one attached hydrogen (secondary N) is 1. The highest BCUT2D eigenvalue weighted by Crippen LogP contribution is 2.20. The maximum absolute atomic E-state index is 12.4. The highest BCUT2D eigenvalue weighted by Gasteiger charge is 2.45. The summed E-state index contributed by atoms with van der Waals surface area (Å²) in [5.41, 5.74) is 0. The first-order valence-electron chi connectivity index (χ1n) is 8.20. The number of carbonyl (C=O) groups excluding carboxylic acids is 4. The molecule has 5 amide bonds. The summed E-state index contributed by atoms with van der Waals surface area (Å²) in [5.74, 6) is -1.56. The molecule has 0 bridgehead atoms. The predicted octanol–water partition coefficient (Wildman–Crippen LogP) is 0.233. The summed E-state index contributed by atoms with van der Waals surface area (Å²) in [5, 5.41) is 3.12. The van der Waals surface area contributed by atoms with Gasteiger partial charge in [-0.3, -0.25) is 19.3 Å². The highest BCUT2D eigenvalue weighted by atomic mass is 35.5. The van der Waals surface area contributed by atoms with Crippen LogP contribution in [0.4, 0.5) is 4.79 Å². The van der Waals surface area contributed by atoms with E-state index < -0.39 is 17.8 Å². The molecule has 0 aromatic rings. The van der Waals surface area contributed by atoms with Crippen LogP contribution in [-0.4, -0.2) is 78.2 Å². The van der Waals surface area contributed by atoms with Gasteiger partial charge in [0, 0.05) is 19.6 Å². The van der Waals surface area contributed by atoms with Gasteiger partial charge in [0.2, 0.25) is 5.91 Å². The molecule has 25 heavy (non-hydrogen) atoms. The summed E-state index contributed by atoms with van der Waals surface area (Å²) in [6.07, 6.45) is 4.27. The lowest BCUT2D eigenvalue weighted by Crippen LogP contribution is -2.46. The molecule has 0 radical (unpaired) electrons. The largest absolute Gasteiger partial charge is 0.341 e. The van der Waals surface area contributed by atoms with Gasteiger partial charge in [0.05, 0.1) is 0 Å². The third kappa shape index (κ3) is 4.79. The van der Waals surface area contributed by atoms with Crippen molar-refractivity contribution in [2.75, 3.05) is 39.8 Å². The summed E-state index contributed by atoms with van der Waals surface area (Å²) >= 11 is 0. The number of halogens is 1. The number of hydrogen-bond donors (Lipinski definition) is 1. The monoisotopic (exact) mass is 372 g/mol. The molecule has 0 aliphatic carbocycles. The molecule has 9 heteroatoms. The lowest BCUT2D eigenvalue weighted by Gasteiger charge is -2.32. The number of rotatable bonds is 7. The second-order valence-corrected chi connectivity index (χ2v) is 6.09. The minimum Gasteiger partial charge on any atom is -0.341 e. The molecular weight excluding hydrogens is 348 g/mol. The summed E-state index contributed by atoms with van der Waals surface area (Å²) in [6, 6.07) is -0.748. The van der Waals surface area contributed by atoms with Crippen LogP contribution in [0.15, 0.2) is 12.7 Å². The number of likely N-dealkylation sites (tertiary alicyclic amines) is 1. The smallest absolute Gasteiger partial charge is 0.335 e. The lowest BCUT2D eigenvalue weighted by atomic mass is 9.93. The molecule has 0 aromatic heterocycles. The van der Waals surface area contributed by atoms with Crippen molar-refractivity contribution in [2.45, 2.75) is 19.3 Å². The Labute approximate surface area is 153 Å². The molecule has 0 spiro atoms. The fourth-order valence-electron chi connectivity index (χ4n) is 3.03. The Kier molecular flexibility index (Phi) is 8.05. The van der Waals surface area contributed by atoms with E-state index in [4.69, 9.17) is 0 Å². The maximum atomic E-state index is 12.4. The SMILES string of the molecule is C=CCN1C(=O)C(=O)N(CC(=O)N2CCC(CCNC)CC2)C1=O.Cl. The second-order valence-electron chi connectivity index (χ2n) is 6.09. The van der Waals surface area contributed by atoms with Gasteiger partial charge in [-0.15, -0.1) is 19.0 Å². The average molecular weight is 373 g/mol. The molecule has 2 saturated heterocycles. The zero-order valence-corrected chi connectivity index (χ0v) is 15.2. The van der Waals surface area contributed by atoms with Gasteiger partial charge in [-0.25, -0.2) is 9.69 Å². The summed E-state index contributed by atoms with van der Waals surface area (Å²) in [6.45, 7) is 5.23. The molecule has 2 aliphatic rings. The number of piperidine rings is 1. The first-order chi connectivity index (χ1) is 11.5. The van der Waals surface area contributed by atoms with Crippen LogP contribution >= 0.6 is 12.4 Å². The number of imide groups is 2. The molecule has 8 nitrogen and oxygen atoms in total. The Morgan fingerprint density at radius 2 is 1.80 bits per heavy atom. The normalized spacial score (nSPS) is 18.6. The van der Waals surface area contributed by atoms with Crippen LogP contribution in [0.25, 0.3) is 0 Å². The molecule has 0 unspecified atom stereocenters. The lowest BCUT2D eigenvalue weighted by molar-refractivity contribution is -0.145. The first kappa shape index (κ1) is 21.1. The Bertz CT molecular complexity index is 546. The number of amides is 5. The van der Waals surface area contributed by atoms with Crippen molar-refractivity contribution in [1.29, 1.82) is 0 Å². The molecule has 0 aromatic carbocycles. The number of hydrogen-bond acceptors (Lipinski definition) is 5. The maximum Gasteiger partial charge on any atom is 0.335 e. The van der Waals surface area contributed by atoms with Gasteiger partial charge < -0.3 is 10.2 Å². The van der Waals surface area contributed by atoms with Crippen LogP contribution in [-0.2, 0) is 14.4 Å². The van der Waals surface area contributed by atoms with Crippen molar-refractivity contribution in [3.8, 4) is 0 Å². The summed E-state index contributed by atoms with van der Waals surface area (Å²) < 4.78 is 0. The van der Waals surface area contributed by atoms with Crippen LogP contribution in [0, 0.1) is 5.92 Å². The molecule has 2 fully saturated rings. The van der Waals surface area contributed by atoms with Gasteiger partial charge in [-0.05, 0) is 38.8 Å². The molecule has 1 N–H and O–H groups in total. The van der Waals surface area contributed by atoms with Crippen LogP contribution < -0.4 is 5.32 Å². The Morgan fingerprint density at radius 3 is 2.36 bits per heavy atom. The highest BCUT2D eigenvalue weighted by molar-refractivity contribution is 6.45.